The number of aliphatic hydroxyl groups excluding tert-OH is 1. The van der Waals surface area contributed by atoms with Gasteiger partial charge in [0.1, 0.15) is 11.6 Å². The van der Waals surface area contributed by atoms with Crippen LogP contribution < -0.4 is 4.74 Å². The summed E-state index contributed by atoms with van der Waals surface area (Å²) in [5.41, 5.74) is 2.50. The van der Waals surface area contributed by atoms with Crippen LogP contribution in [0.25, 0.3) is 21.3 Å². The molecule has 0 spiro atoms. The van der Waals surface area contributed by atoms with Gasteiger partial charge in [0.05, 0.1) is 35.7 Å². The first kappa shape index (κ1) is 21.9. The van der Waals surface area contributed by atoms with Crippen molar-refractivity contribution in [2.45, 2.75) is 26.5 Å². The summed E-state index contributed by atoms with van der Waals surface area (Å²) in [6.45, 7) is 4.03. The lowest BCUT2D eigenvalue weighted by Crippen LogP contribution is -2.26. The first-order valence-electron chi connectivity index (χ1n) is 10.1. The van der Waals surface area contributed by atoms with Gasteiger partial charge in [0.25, 0.3) is 5.91 Å². The molecule has 3 heterocycles. The molecule has 0 radical (unpaired) electrons. The fraction of sp³-hybridized carbons (Fsp3) is 0.261. The van der Waals surface area contributed by atoms with Crippen molar-refractivity contribution < 1.29 is 19.0 Å². The molecule has 0 fully saturated rings. The van der Waals surface area contributed by atoms with Crippen molar-refractivity contribution in [3.05, 3.63) is 64.7 Å². The Balaban J connectivity index is 1.64. The zero-order valence-corrected chi connectivity index (χ0v) is 18.7. The van der Waals surface area contributed by atoms with Crippen molar-refractivity contribution in [3.63, 3.8) is 0 Å². The van der Waals surface area contributed by atoms with E-state index in [1.54, 1.807) is 32.4 Å². The largest absolute Gasteiger partial charge is 0.493 e. The van der Waals surface area contributed by atoms with E-state index >= 15 is 4.39 Å². The molecule has 32 heavy (non-hydrogen) atoms. The summed E-state index contributed by atoms with van der Waals surface area (Å²) in [4.78, 5) is 19.7. The minimum atomic E-state index is -0.745. The number of carbonyl (C=O) groups is 1. The van der Waals surface area contributed by atoms with Crippen LogP contribution in [-0.2, 0) is 6.54 Å². The second-order valence-corrected chi connectivity index (χ2v) is 8.35. The van der Waals surface area contributed by atoms with Crippen molar-refractivity contribution in [1.82, 2.24) is 20.1 Å². The fourth-order valence-electron chi connectivity index (χ4n) is 3.64. The van der Waals surface area contributed by atoms with E-state index in [0.29, 0.717) is 34.5 Å². The van der Waals surface area contributed by atoms with Crippen molar-refractivity contribution in [2.75, 3.05) is 13.7 Å². The molecule has 4 aromatic rings. The third kappa shape index (κ3) is 4.09. The van der Waals surface area contributed by atoms with Crippen LogP contribution in [0.4, 0.5) is 4.39 Å². The van der Waals surface area contributed by atoms with E-state index in [9.17, 15) is 9.90 Å². The van der Waals surface area contributed by atoms with E-state index in [-0.39, 0.29) is 18.0 Å². The van der Waals surface area contributed by atoms with Crippen LogP contribution in [0.3, 0.4) is 0 Å². The van der Waals surface area contributed by atoms with Gasteiger partial charge >= 0.3 is 0 Å². The van der Waals surface area contributed by atoms with Crippen LogP contribution in [0.5, 0.6) is 5.75 Å². The second kappa shape index (κ2) is 9.05. The quantitative estimate of drug-likeness (QED) is 0.428. The average Bonchev–Trinajstić information content (AvgIpc) is 3.45. The average molecular weight is 455 g/mol. The van der Waals surface area contributed by atoms with Gasteiger partial charge in [-0.05, 0) is 37.4 Å². The Morgan fingerprint density at radius 3 is 2.88 bits per heavy atom. The summed E-state index contributed by atoms with van der Waals surface area (Å²) in [6.07, 6.45) is 2.46. The molecule has 0 aliphatic carbocycles. The molecular weight excluding hydrogens is 431 g/mol. The number of aromatic nitrogens is 3. The molecule has 1 unspecified atom stereocenters. The van der Waals surface area contributed by atoms with Crippen LogP contribution in [0, 0.1) is 5.82 Å². The summed E-state index contributed by atoms with van der Waals surface area (Å²) >= 11 is 1.41. The Hall–Kier alpha value is -3.30. The lowest BCUT2D eigenvalue weighted by Gasteiger charge is -2.19. The number of benzene rings is 1. The van der Waals surface area contributed by atoms with E-state index in [0.717, 1.165) is 10.4 Å². The Bertz CT molecular complexity index is 1250. The number of carbonyl (C=O) groups excluding carboxylic acids is 1. The van der Waals surface area contributed by atoms with Crippen molar-refractivity contribution in [3.8, 4) is 16.2 Å². The Labute approximate surface area is 188 Å². The minimum absolute atomic E-state index is 0.197. The molecule has 4 rings (SSSR count). The monoisotopic (exact) mass is 454 g/mol. The van der Waals surface area contributed by atoms with Crippen LogP contribution in [0.1, 0.15) is 41.6 Å². The van der Waals surface area contributed by atoms with Crippen molar-refractivity contribution in [1.29, 1.82) is 0 Å². The maximum atomic E-state index is 15.0. The van der Waals surface area contributed by atoms with Gasteiger partial charge in [0.15, 0.2) is 0 Å². The van der Waals surface area contributed by atoms with E-state index < -0.39 is 11.9 Å². The lowest BCUT2D eigenvalue weighted by atomic mass is 10.1. The fourth-order valence-corrected chi connectivity index (χ4v) is 4.42. The van der Waals surface area contributed by atoms with E-state index in [1.165, 1.54) is 22.3 Å². The number of aromatic amines is 1. The molecule has 0 bridgehead atoms. The number of hydrogen-bond acceptors (Lipinski definition) is 6. The lowest BCUT2D eigenvalue weighted by molar-refractivity contribution is 0.0784. The summed E-state index contributed by atoms with van der Waals surface area (Å²) in [7, 11) is 1.64. The number of pyridine rings is 1. The second-order valence-electron chi connectivity index (χ2n) is 7.41. The summed E-state index contributed by atoms with van der Waals surface area (Å²) in [5.74, 6) is -0.519. The molecule has 166 valence electrons. The number of nitrogens with one attached hydrogen (secondary N) is 1. The van der Waals surface area contributed by atoms with Gasteiger partial charge < -0.3 is 14.7 Å². The molecule has 0 aliphatic heterocycles. The number of nitrogens with zero attached hydrogens (tertiary/aromatic N) is 3. The van der Waals surface area contributed by atoms with Gasteiger partial charge in [0.2, 0.25) is 0 Å². The number of hydrogen-bond donors (Lipinski definition) is 2. The molecule has 1 atom stereocenters. The van der Waals surface area contributed by atoms with Crippen molar-refractivity contribution in [2.24, 2.45) is 0 Å². The first-order chi connectivity index (χ1) is 15.4. The van der Waals surface area contributed by atoms with Crippen LogP contribution in [-0.4, -0.2) is 44.7 Å². The molecular formula is C23H23FN4O3S. The highest BCUT2D eigenvalue weighted by Gasteiger charge is 2.21. The van der Waals surface area contributed by atoms with Crippen molar-refractivity contribution >= 4 is 28.1 Å². The molecule has 7 nitrogen and oxygen atoms in total. The standard InChI is InChI=1S/C23H23FN4O3S/c1-4-31-18-9-14(8-17(24)20(18)19-6-5-7-32-19)23(30)28(3)12-15-10-25-21(13(2)29)16-11-26-27-22(15)16/h5-11,13,29H,4,12H2,1-3H3,(H,26,27). The SMILES string of the molecule is CCOc1cc(C(=O)N(C)Cc2cnc(C(C)O)c3cn[nH]c23)cc(F)c1-c1cccs1. The van der Waals surface area contributed by atoms with Gasteiger partial charge in [0, 0.05) is 41.2 Å². The van der Waals surface area contributed by atoms with Gasteiger partial charge in [-0.25, -0.2) is 4.39 Å². The van der Waals surface area contributed by atoms with Gasteiger partial charge in [-0.3, -0.25) is 14.9 Å². The number of ether oxygens (including phenoxy) is 1. The van der Waals surface area contributed by atoms with E-state index in [4.69, 9.17) is 4.74 Å². The highest BCUT2D eigenvalue weighted by Crippen LogP contribution is 2.37. The molecule has 0 saturated heterocycles. The number of fused-ring (bicyclic) bond motifs is 1. The molecule has 1 amide bonds. The highest BCUT2D eigenvalue weighted by atomic mass is 32.1. The number of thiophene rings is 1. The molecule has 1 aromatic carbocycles. The smallest absolute Gasteiger partial charge is 0.254 e. The maximum absolute atomic E-state index is 15.0. The maximum Gasteiger partial charge on any atom is 0.254 e. The van der Waals surface area contributed by atoms with Gasteiger partial charge in [-0.15, -0.1) is 11.3 Å². The summed E-state index contributed by atoms with van der Waals surface area (Å²) < 4.78 is 20.7. The van der Waals surface area contributed by atoms with Crippen LogP contribution in [0.15, 0.2) is 42.0 Å². The molecule has 0 saturated carbocycles. The Morgan fingerprint density at radius 2 is 2.19 bits per heavy atom. The number of rotatable bonds is 7. The normalized spacial score (nSPS) is 12.2. The number of amides is 1. The predicted octanol–water partition coefficient (Wildman–Crippen LogP) is 4.55. The van der Waals surface area contributed by atoms with Crippen LogP contribution in [0.2, 0.25) is 0 Å². The highest BCUT2D eigenvalue weighted by molar-refractivity contribution is 7.13. The molecule has 9 heteroatoms. The van der Waals surface area contributed by atoms with Gasteiger partial charge in [-0.2, -0.15) is 5.10 Å². The Kier molecular flexibility index (Phi) is 6.20. The number of aliphatic hydroxyl groups is 1. The van der Waals surface area contributed by atoms with E-state index in [2.05, 4.69) is 15.2 Å². The zero-order valence-electron chi connectivity index (χ0n) is 17.9. The van der Waals surface area contributed by atoms with Crippen LogP contribution >= 0.6 is 11.3 Å². The minimum Gasteiger partial charge on any atom is -0.493 e. The third-order valence-electron chi connectivity index (χ3n) is 5.11. The number of H-pyrrole nitrogens is 1. The Morgan fingerprint density at radius 1 is 1.38 bits per heavy atom. The summed E-state index contributed by atoms with van der Waals surface area (Å²) in [6, 6.07) is 6.49. The van der Waals surface area contributed by atoms with Gasteiger partial charge in [-0.1, -0.05) is 6.07 Å². The zero-order chi connectivity index (χ0) is 22.8. The topological polar surface area (TPSA) is 91.3 Å². The number of halogens is 1. The predicted molar refractivity (Wildman–Crippen MR) is 121 cm³/mol. The molecule has 2 N–H and O–H groups in total. The first-order valence-corrected chi connectivity index (χ1v) is 11.0. The van der Waals surface area contributed by atoms with E-state index in [1.807, 2.05) is 24.4 Å². The molecule has 0 aliphatic rings. The molecule has 3 aromatic heterocycles. The third-order valence-corrected chi connectivity index (χ3v) is 6.00. The summed E-state index contributed by atoms with van der Waals surface area (Å²) in [5, 5.41) is 19.4.